The first-order valence-corrected chi connectivity index (χ1v) is 4.25. The fourth-order valence-electron chi connectivity index (χ4n) is 2.34. The number of hydrogen-bond donors (Lipinski definition) is 2. The summed E-state index contributed by atoms with van der Waals surface area (Å²) in [6.45, 7) is 0.247. The van der Waals surface area contributed by atoms with Gasteiger partial charge in [-0.05, 0) is 24.7 Å². The van der Waals surface area contributed by atoms with Gasteiger partial charge >= 0.3 is 0 Å². The van der Waals surface area contributed by atoms with E-state index in [0.29, 0.717) is 11.8 Å². The van der Waals surface area contributed by atoms with Crippen molar-refractivity contribution in [3.05, 3.63) is 0 Å². The van der Waals surface area contributed by atoms with Gasteiger partial charge in [0.05, 0.1) is 6.10 Å². The lowest BCUT2D eigenvalue weighted by Gasteiger charge is -2.12. The molecule has 1 aliphatic heterocycles. The van der Waals surface area contributed by atoms with Gasteiger partial charge in [-0.25, -0.2) is 0 Å². The second kappa shape index (κ2) is 2.73. The van der Waals surface area contributed by atoms with Crippen molar-refractivity contribution in [2.45, 2.75) is 31.7 Å². The first-order chi connectivity index (χ1) is 5.31. The Morgan fingerprint density at radius 3 is 2.91 bits per heavy atom. The maximum Gasteiger partial charge on any atom is 0.155 e. The normalized spacial score (nSPS) is 49.6. The van der Waals surface area contributed by atoms with Gasteiger partial charge in [0.15, 0.2) is 6.29 Å². The summed E-state index contributed by atoms with van der Waals surface area (Å²) in [6.07, 6.45) is 2.43. The Labute approximate surface area is 66.0 Å². The second-order valence-corrected chi connectivity index (χ2v) is 3.55. The predicted molar refractivity (Wildman–Crippen MR) is 38.8 cm³/mol. The molecule has 0 radical (unpaired) electrons. The molecule has 2 N–H and O–H groups in total. The zero-order valence-corrected chi connectivity index (χ0v) is 6.44. The van der Waals surface area contributed by atoms with Crippen molar-refractivity contribution in [1.82, 2.24) is 0 Å². The largest absolute Gasteiger partial charge is 0.396 e. The molecular weight excluding hydrogens is 144 g/mol. The van der Waals surface area contributed by atoms with Crippen LogP contribution < -0.4 is 0 Å². The summed E-state index contributed by atoms with van der Waals surface area (Å²) in [6, 6.07) is 0. The van der Waals surface area contributed by atoms with Gasteiger partial charge in [-0.15, -0.1) is 0 Å². The minimum Gasteiger partial charge on any atom is -0.396 e. The third kappa shape index (κ3) is 1.17. The monoisotopic (exact) mass is 158 g/mol. The molecule has 0 spiro atoms. The third-order valence-corrected chi connectivity index (χ3v) is 2.95. The van der Waals surface area contributed by atoms with Gasteiger partial charge in [0.25, 0.3) is 0 Å². The highest BCUT2D eigenvalue weighted by Crippen LogP contribution is 2.41. The Balaban J connectivity index is 2.01. The molecule has 0 aromatic rings. The summed E-state index contributed by atoms with van der Waals surface area (Å²) in [5.41, 5.74) is 0. The lowest BCUT2D eigenvalue weighted by molar-refractivity contribution is -0.0906. The maximum absolute atomic E-state index is 9.14. The molecule has 2 rings (SSSR count). The van der Waals surface area contributed by atoms with Gasteiger partial charge in [0, 0.05) is 13.0 Å². The molecule has 0 bridgehead atoms. The number of rotatable bonds is 1. The summed E-state index contributed by atoms with van der Waals surface area (Å²) in [4.78, 5) is 0. The van der Waals surface area contributed by atoms with E-state index in [-0.39, 0.29) is 12.7 Å². The second-order valence-electron chi connectivity index (χ2n) is 3.55. The fraction of sp³-hybridized carbons (Fsp3) is 1.00. The standard InChI is InChI=1S/C8H14O3/c9-4-5-1-2-7-6(5)3-8(10)11-7/h5-10H,1-4H2/t5-,6-,7+,8?/m1/s1. The number of fused-ring (bicyclic) bond motifs is 1. The van der Waals surface area contributed by atoms with Crippen LogP contribution in [0.25, 0.3) is 0 Å². The molecule has 0 amide bonds. The Bertz CT molecular complexity index is 146. The van der Waals surface area contributed by atoms with Crippen molar-refractivity contribution in [3.8, 4) is 0 Å². The van der Waals surface area contributed by atoms with Crippen molar-refractivity contribution < 1.29 is 14.9 Å². The first-order valence-electron chi connectivity index (χ1n) is 4.25. The number of hydrogen-bond acceptors (Lipinski definition) is 3. The van der Waals surface area contributed by atoms with Crippen molar-refractivity contribution in [2.24, 2.45) is 11.8 Å². The average molecular weight is 158 g/mol. The molecule has 3 nitrogen and oxygen atoms in total. The molecule has 1 saturated carbocycles. The summed E-state index contributed by atoms with van der Waals surface area (Å²) in [7, 11) is 0. The van der Waals surface area contributed by atoms with E-state index < -0.39 is 6.29 Å². The van der Waals surface area contributed by atoms with Crippen LogP contribution in [0.15, 0.2) is 0 Å². The highest BCUT2D eigenvalue weighted by atomic mass is 16.6. The van der Waals surface area contributed by atoms with Crippen LogP contribution in [-0.2, 0) is 4.74 Å². The molecule has 1 saturated heterocycles. The zero-order valence-electron chi connectivity index (χ0n) is 6.44. The van der Waals surface area contributed by atoms with Crippen LogP contribution in [0.2, 0.25) is 0 Å². The van der Waals surface area contributed by atoms with Gasteiger partial charge in [-0.1, -0.05) is 0 Å². The summed E-state index contributed by atoms with van der Waals surface area (Å²) in [5.74, 6) is 0.784. The van der Waals surface area contributed by atoms with Gasteiger partial charge in [0.2, 0.25) is 0 Å². The minimum atomic E-state index is -0.570. The van der Waals surface area contributed by atoms with E-state index in [4.69, 9.17) is 14.9 Å². The fourth-order valence-corrected chi connectivity index (χ4v) is 2.34. The molecule has 2 fully saturated rings. The lowest BCUT2D eigenvalue weighted by Crippen LogP contribution is -2.16. The Kier molecular flexibility index (Phi) is 1.87. The van der Waals surface area contributed by atoms with Crippen molar-refractivity contribution >= 4 is 0 Å². The SMILES string of the molecule is OC[C@H]1CC[C@@H]2OC(O)C[C@H]12. The number of ether oxygens (including phenoxy) is 1. The molecular formula is C8H14O3. The van der Waals surface area contributed by atoms with E-state index in [1.54, 1.807) is 0 Å². The van der Waals surface area contributed by atoms with Crippen LogP contribution in [0.5, 0.6) is 0 Å². The molecule has 3 heteroatoms. The van der Waals surface area contributed by atoms with Crippen LogP contribution >= 0.6 is 0 Å². The number of aliphatic hydroxyl groups is 2. The molecule has 2 aliphatic rings. The smallest absolute Gasteiger partial charge is 0.155 e. The van der Waals surface area contributed by atoms with Crippen LogP contribution in [0.4, 0.5) is 0 Å². The molecule has 1 unspecified atom stereocenters. The Hall–Kier alpha value is -0.120. The Morgan fingerprint density at radius 2 is 2.18 bits per heavy atom. The van der Waals surface area contributed by atoms with E-state index >= 15 is 0 Å². The maximum atomic E-state index is 9.14. The topological polar surface area (TPSA) is 49.7 Å². The Morgan fingerprint density at radius 1 is 1.36 bits per heavy atom. The molecule has 11 heavy (non-hydrogen) atoms. The molecule has 1 heterocycles. The quantitative estimate of drug-likeness (QED) is 0.569. The first kappa shape index (κ1) is 7.53. The summed E-state index contributed by atoms with van der Waals surface area (Å²) >= 11 is 0. The van der Waals surface area contributed by atoms with E-state index in [2.05, 4.69) is 0 Å². The molecule has 64 valence electrons. The molecule has 1 aliphatic carbocycles. The van der Waals surface area contributed by atoms with Gasteiger partial charge in [0.1, 0.15) is 0 Å². The summed E-state index contributed by atoms with van der Waals surface area (Å²) in [5, 5.41) is 18.1. The van der Waals surface area contributed by atoms with E-state index in [9.17, 15) is 0 Å². The minimum absolute atomic E-state index is 0.224. The van der Waals surface area contributed by atoms with Crippen molar-refractivity contribution in [2.75, 3.05) is 6.61 Å². The van der Waals surface area contributed by atoms with Gasteiger partial charge in [-0.3, -0.25) is 0 Å². The molecule has 0 aromatic heterocycles. The summed E-state index contributed by atoms with van der Waals surface area (Å²) < 4.78 is 5.26. The van der Waals surface area contributed by atoms with Crippen LogP contribution in [0.1, 0.15) is 19.3 Å². The van der Waals surface area contributed by atoms with Crippen molar-refractivity contribution in [1.29, 1.82) is 0 Å². The lowest BCUT2D eigenvalue weighted by atomic mass is 9.94. The average Bonchev–Trinajstić information content (AvgIpc) is 2.45. The third-order valence-electron chi connectivity index (χ3n) is 2.95. The number of aliphatic hydroxyl groups excluding tert-OH is 2. The zero-order chi connectivity index (χ0) is 7.84. The van der Waals surface area contributed by atoms with E-state index in [1.165, 1.54) is 0 Å². The van der Waals surface area contributed by atoms with Gasteiger partial charge < -0.3 is 14.9 Å². The van der Waals surface area contributed by atoms with Crippen molar-refractivity contribution in [3.63, 3.8) is 0 Å². The van der Waals surface area contributed by atoms with Crippen LogP contribution in [0.3, 0.4) is 0 Å². The predicted octanol–water partition coefficient (Wildman–Crippen LogP) is 0.112. The highest BCUT2D eigenvalue weighted by molar-refractivity contribution is 4.89. The highest BCUT2D eigenvalue weighted by Gasteiger charge is 2.43. The van der Waals surface area contributed by atoms with E-state index in [0.717, 1.165) is 19.3 Å². The van der Waals surface area contributed by atoms with Crippen LogP contribution in [-0.4, -0.2) is 29.2 Å². The molecule has 4 atom stereocenters. The van der Waals surface area contributed by atoms with E-state index in [1.807, 2.05) is 0 Å². The van der Waals surface area contributed by atoms with Crippen LogP contribution in [0, 0.1) is 11.8 Å². The van der Waals surface area contributed by atoms with Gasteiger partial charge in [-0.2, -0.15) is 0 Å². The molecule has 0 aromatic carbocycles.